The van der Waals surface area contributed by atoms with Gasteiger partial charge in [-0.1, -0.05) is 38.1 Å². The van der Waals surface area contributed by atoms with Crippen LogP contribution in [0.2, 0.25) is 0 Å². The molecule has 1 unspecified atom stereocenters. The lowest BCUT2D eigenvalue weighted by atomic mass is 10.0. The maximum absolute atomic E-state index is 13.9. The lowest BCUT2D eigenvalue weighted by Crippen LogP contribution is -2.58. The number of benzene rings is 2. The molecule has 6 heteroatoms. The minimum Gasteiger partial charge on any atom is -0.360 e. The average Bonchev–Trinajstić information content (AvgIpc) is 3.15. The highest BCUT2D eigenvalue weighted by Crippen LogP contribution is 2.48. The molecule has 1 fully saturated rings. The molecule has 3 nitrogen and oxygen atoms in total. The number of nitrogens with one attached hydrogen (secondary N) is 3. The molecule has 32 heavy (non-hydrogen) atoms. The Morgan fingerprint density at radius 1 is 1.09 bits per heavy atom. The Kier molecular flexibility index (Phi) is 6.21. The van der Waals surface area contributed by atoms with Crippen LogP contribution in [0, 0.1) is 9.64 Å². The monoisotopic (exact) mass is 467 g/mol. The Labute approximate surface area is 195 Å². The number of piperazine rings is 1. The largest absolute Gasteiger partial charge is 0.360 e. The van der Waals surface area contributed by atoms with Gasteiger partial charge in [-0.3, -0.25) is 0 Å². The van der Waals surface area contributed by atoms with Gasteiger partial charge in [0.05, 0.1) is 14.4 Å². The molecule has 2 aliphatic rings. The topological polar surface area (TPSA) is 36.1 Å². The molecule has 168 valence electrons. The van der Waals surface area contributed by atoms with Crippen molar-refractivity contribution in [1.29, 1.82) is 0 Å². The molecule has 0 aliphatic carbocycles. The fourth-order valence-corrected chi connectivity index (χ4v) is 9.48. The Balaban J connectivity index is 1.70. The van der Waals surface area contributed by atoms with Crippen LogP contribution in [0.3, 0.4) is 0 Å². The number of anilines is 1. The Bertz CT molecular complexity index is 1240. The maximum atomic E-state index is 13.9. The van der Waals surface area contributed by atoms with Crippen LogP contribution in [0.25, 0.3) is 6.20 Å². The number of halogens is 1. The molecule has 2 aliphatic heterocycles. The molecule has 0 radical (unpaired) electrons. The van der Waals surface area contributed by atoms with Gasteiger partial charge in [-0.15, -0.1) is 21.8 Å². The zero-order chi connectivity index (χ0) is 22.1. The van der Waals surface area contributed by atoms with Gasteiger partial charge in [0.15, 0.2) is 0 Å². The van der Waals surface area contributed by atoms with E-state index in [1.165, 1.54) is 30.6 Å². The van der Waals surface area contributed by atoms with Crippen molar-refractivity contribution in [3.05, 3.63) is 79.9 Å². The summed E-state index contributed by atoms with van der Waals surface area (Å²) in [4.78, 5) is 2.65. The summed E-state index contributed by atoms with van der Waals surface area (Å²) < 4.78 is 15.3. The Morgan fingerprint density at radius 3 is 2.75 bits per heavy atom. The molecule has 3 N–H and O–H groups in total. The SMILES string of the molecule is CC(C)c1cc2c(s1)=S([C@@]1(CCc3cccc(F)c3)CNCCN1)c1ccccc1NC=2. The first kappa shape index (κ1) is 21.8. The second-order valence-electron chi connectivity index (χ2n) is 8.87. The summed E-state index contributed by atoms with van der Waals surface area (Å²) in [5, 5.41) is 12.5. The third kappa shape index (κ3) is 4.17. The lowest BCUT2D eigenvalue weighted by Gasteiger charge is -2.42. The van der Waals surface area contributed by atoms with Crippen LogP contribution in [0.4, 0.5) is 10.1 Å². The van der Waals surface area contributed by atoms with E-state index in [1.807, 2.05) is 23.5 Å². The fraction of sp³-hybridized carbons (Fsp3) is 0.346. The molecule has 0 amide bonds. The summed E-state index contributed by atoms with van der Waals surface area (Å²) >= 11 is 1.96. The molecule has 3 aromatic rings. The normalized spacial score (nSPS) is 22.4. The van der Waals surface area contributed by atoms with Gasteiger partial charge >= 0.3 is 0 Å². The summed E-state index contributed by atoms with van der Waals surface area (Å²) in [6.07, 6.45) is 3.96. The van der Waals surface area contributed by atoms with Crippen molar-refractivity contribution >= 4 is 33.7 Å². The van der Waals surface area contributed by atoms with E-state index in [4.69, 9.17) is 0 Å². The molecule has 0 bridgehead atoms. The van der Waals surface area contributed by atoms with Crippen molar-refractivity contribution in [2.24, 2.45) is 0 Å². The van der Waals surface area contributed by atoms with Crippen molar-refractivity contribution in [2.75, 3.05) is 25.0 Å². The van der Waals surface area contributed by atoms with E-state index in [0.717, 1.165) is 38.0 Å². The van der Waals surface area contributed by atoms with Gasteiger partial charge < -0.3 is 16.0 Å². The zero-order valence-electron chi connectivity index (χ0n) is 18.6. The second-order valence-corrected chi connectivity index (χ2v) is 12.4. The number of hydrogen-bond acceptors (Lipinski definition) is 4. The number of para-hydroxylation sites is 1. The van der Waals surface area contributed by atoms with Crippen molar-refractivity contribution in [1.82, 2.24) is 10.6 Å². The quantitative estimate of drug-likeness (QED) is 0.447. The number of aryl methyl sites for hydroxylation is 1. The molecule has 1 aromatic heterocycles. The van der Waals surface area contributed by atoms with Crippen molar-refractivity contribution in [3.8, 4) is 0 Å². The predicted octanol–water partition coefficient (Wildman–Crippen LogP) is 5.27. The van der Waals surface area contributed by atoms with Crippen LogP contribution in [0.5, 0.6) is 0 Å². The summed E-state index contributed by atoms with van der Waals surface area (Å²) in [7, 11) is -0.174. The summed E-state index contributed by atoms with van der Waals surface area (Å²) in [5.41, 5.74) is 2.24. The van der Waals surface area contributed by atoms with E-state index in [-0.39, 0.29) is 21.2 Å². The van der Waals surface area contributed by atoms with Crippen LogP contribution < -0.4 is 21.2 Å². The number of rotatable bonds is 5. The summed E-state index contributed by atoms with van der Waals surface area (Å²) in [6, 6.07) is 18.1. The molecule has 2 atom stereocenters. The van der Waals surface area contributed by atoms with Gasteiger partial charge in [0.25, 0.3) is 0 Å². The van der Waals surface area contributed by atoms with Gasteiger partial charge in [0.1, 0.15) is 5.82 Å². The molecular weight excluding hydrogens is 437 g/mol. The predicted molar refractivity (Wildman–Crippen MR) is 136 cm³/mol. The van der Waals surface area contributed by atoms with Crippen molar-refractivity contribution in [3.63, 3.8) is 0 Å². The van der Waals surface area contributed by atoms with Gasteiger partial charge in [-0.25, -0.2) is 4.39 Å². The molecule has 1 saturated heterocycles. The maximum Gasteiger partial charge on any atom is 0.123 e. The summed E-state index contributed by atoms with van der Waals surface area (Å²) in [6.45, 7) is 7.34. The van der Waals surface area contributed by atoms with Crippen LogP contribution >= 0.6 is 21.8 Å². The third-order valence-corrected chi connectivity index (χ3v) is 10.9. The summed E-state index contributed by atoms with van der Waals surface area (Å²) in [5.74, 6) is 0.344. The average molecular weight is 468 g/mol. The smallest absolute Gasteiger partial charge is 0.123 e. The van der Waals surface area contributed by atoms with Crippen molar-refractivity contribution < 1.29 is 4.39 Å². The second kappa shape index (κ2) is 9.10. The molecule has 0 spiro atoms. The Hall–Kier alpha value is -1.99. The first-order valence-electron chi connectivity index (χ1n) is 11.3. The Morgan fingerprint density at radius 2 is 1.97 bits per heavy atom. The zero-order valence-corrected chi connectivity index (χ0v) is 20.2. The highest BCUT2D eigenvalue weighted by molar-refractivity contribution is 8.11. The van der Waals surface area contributed by atoms with Crippen molar-refractivity contribution in [2.45, 2.75) is 42.4 Å². The minimum absolute atomic E-state index is 0.131. The molecule has 0 saturated carbocycles. The van der Waals surface area contributed by atoms with Gasteiger partial charge in [0, 0.05) is 40.8 Å². The van der Waals surface area contributed by atoms with Crippen LogP contribution in [-0.4, -0.2) is 24.5 Å². The highest BCUT2D eigenvalue weighted by Gasteiger charge is 2.37. The lowest BCUT2D eigenvalue weighted by molar-refractivity contribution is 0.362. The van der Waals surface area contributed by atoms with E-state index in [9.17, 15) is 4.39 Å². The molecule has 5 rings (SSSR count). The third-order valence-electron chi connectivity index (χ3n) is 6.25. The van der Waals surface area contributed by atoms with E-state index < -0.39 is 0 Å². The van der Waals surface area contributed by atoms with E-state index >= 15 is 0 Å². The van der Waals surface area contributed by atoms with E-state index in [2.05, 4.69) is 66.3 Å². The first-order chi connectivity index (χ1) is 15.6. The number of hydrogen-bond donors (Lipinski definition) is 3. The van der Waals surface area contributed by atoms with Gasteiger partial charge in [0.2, 0.25) is 0 Å². The molecule has 2 aromatic carbocycles. The molecular formula is C26H30FN3S2. The number of fused-ring (bicyclic) bond motifs is 2. The standard InChI is InChI=1S/C26H30FN3S2/c1-18(2)23-15-20-16-29-22-8-3-4-9-24(22)32(25(20)31-23)26(17-28-12-13-30-26)11-10-19-6-5-7-21(27)14-19/h3-9,14-16,18,28-30H,10-13,17H2,1-2H3/t26-,32?/m0/s1. The van der Waals surface area contributed by atoms with E-state index in [0.29, 0.717) is 5.92 Å². The van der Waals surface area contributed by atoms with Gasteiger partial charge in [-0.05, 0) is 54.7 Å². The van der Waals surface area contributed by atoms with Crippen LogP contribution in [-0.2, 0) is 6.42 Å². The first-order valence-corrected chi connectivity index (χ1v) is 13.4. The number of thiophene rings is 1. The van der Waals surface area contributed by atoms with Gasteiger partial charge in [-0.2, -0.15) is 0 Å². The van der Waals surface area contributed by atoms with Crippen LogP contribution in [0.1, 0.15) is 36.6 Å². The fourth-order valence-electron chi connectivity index (χ4n) is 4.55. The highest BCUT2D eigenvalue weighted by atomic mass is 32.2. The molecule has 3 heterocycles. The minimum atomic E-state index is -0.174. The van der Waals surface area contributed by atoms with Crippen LogP contribution in [0.15, 0.2) is 59.5 Å². The van der Waals surface area contributed by atoms with E-state index in [1.54, 1.807) is 6.07 Å².